The first-order chi connectivity index (χ1) is 7.95. The van der Waals surface area contributed by atoms with Crippen LogP contribution in [0, 0.1) is 5.92 Å². The molecule has 94 valence electrons. The Labute approximate surface area is 100 Å². The highest BCUT2D eigenvalue weighted by Crippen LogP contribution is 2.25. The molecular formula is C14H27NO. The molecule has 2 heteroatoms. The first-order valence-corrected chi connectivity index (χ1v) is 7.27. The van der Waals surface area contributed by atoms with Gasteiger partial charge in [0.25, 0.3) is 0 Å². The molecule has 2 aliphatic rings. The van der Waals surface area contributed by atoms with Gasteiger partial charge < -0.3 is 10.1 Å². The molecule has 0 aromatic carbocycles. The van der Waals surface area contributed by atoms with Crippen molar-refractivity contribution in [3.05, 3.63) is 0 Å². The van der Waals surface area contributed by atoms with Crippen molar-refractivity contribution >= 4 is 0 Å². The summed E-state index contributed by atoms with van der Waals surface area (Å²) in [6, 6.07) is 0. The molecule has 2 nitrogen and oxygen atoms in total. The average molecular weight is 225 g/mol. The van der Waals surface area contributed by atoms with Crippen molar-refractivity contribution in [2.45, 2.75) is 63.9 Å². The van der Waals surface area contributed by atoms with E-state index in [1.807, 2.05) is 0 Å². The minimum Gasteiger partial charge on any atom is -0.378 e. The fourth-order valence-electron chi connectivity index (χ4n) is 2.68. The third kappa shape index (κ3) is 4.42. The predicted octanol–water partition coefficient (Wildman–Crippen LogP) is 3.12. The van der Waals surface area contributed by atoms with Gasteiger partial charge in [-0.2, -0.15) is 0 Å². The first-order valence-electron chi connectivity index (χ1n) is 7.27. The summed E-state index contributed by atoms with van der Waals surface area (Å²) in [6.07, 6.45) is 12.9. The van der Waals surface area contributed by atoms with Gasteiger partial charge in [0.1, 0.15) is 0 Å². The van der Waals surface area contributed by atoms with E-state index in [4.69, 9.17) is 4.74 Å². The lowest BCUT2D eigenvalue weighted by molar-refractivity contribution is 0.0272. The maximum Gasteiger partial charge on any atom is 0.0575 e. The topological polar surface area (TPSA) is 21.3 Å². The summed E-state index contributed by atoms with van der Waals surface area (Å²) in [5, 5.41) is 3.55. The van der Waals surface area contributed by atoms with E-state index in [0.29, 0.717) is 6.10 Å². The zero-order chi connectivity index (χ0) is 11.1. The van der Waals surface area contributed by atoms with E-state index < -0.39 is 0 Å². The Bertz CT molecular complexity index is 174. The minimum absolute atomic E-state index is 0.584. The number of ether oxygens (including phenoxy) is 1. The van der Waals surface area contributed by atoms with E-state index in [1.54, 1.807) is 0 Å². The summed E-state index contributed by atoms with van der Waals surface area (Å²) < 4.78 is 5.89. The summed E-state index contributed by atoms with van der Waals surface area (Å²) in [6.45, 7) is 3.34. The molecule has 0 amide bonds. The van der Waals surface area contributed by atoms with E-state index >= 15 is 0 Å². The fourth-order valence-corrected chi connectivity index (χ4v) is 2.68. The number of rotatable bonds is 7. The molecule has 2 aliphatic carbocycles. The van der Waals surface area contributed by atoms with E-state index in [1.165, 1.54) is 64.3 Å². The van der Waals surface area contributed by atoms with Crippen LogP contribution in [0.5, 0.6) is 0 Å². The van der Waals surface area contributed by atoms with Gasteiger partial charge in [-0.3, -0.25) is 0 Å². The van der Waals surface area contributed by atoms with Crippen molar-refractivity contribution in [3.8, 4) is 0 Å². The largest absolute Gasteiger partial charge is 0.378 e. The smallest absolute Gasteiger partial charge is 0.0575 e. The van der Waals surface area contributed by atoms with Crippen LogP contribution < -0.4 is 5.32 Å². The lowest BCUT2D eigenvalue weighted by Crippen LogP contribution is -2.28. The lowest BCUT2D eigenvalue weighted by Gasteiger charge is -2.25. The molecule has 0 unspecified atom stereocenters. The zero-order valence-electron chi connectivity index (χ0n) is 10.5. The van der Waals surface area contributed by atoms with Crippen molar-refractivity contribution in [3.63, 3.8) is 0 Å². The van der Waals surface area contributed by atoms with E-state index in [9.17, 15) is 0 Å². The van der Waals surface area contributed by atoms with Crippen LogP contribution >= 0.6 is 0 Å². The average Bonchev–Trinajstić information content (AvgIpc) is 2.27. The molecule has 2 saturated carbocycles. The first kappa shape index (κ1) is 12.4. The van der Waals surface area contributed by atoms with Crippen LogP contribution in [0.25, 0.3) is 0 Å². The number of hydrogen-bond acceptors (Lipinski definition) is 2. The standard InChI is InChI=1S/C14H27NO/c1-2-8-14(9-3-1)16-11-5-10-15-12-13-6-4-7-13/h13-15H,1-12H2. The normalized spacial score (nSPS) is 23.2. The molecule has 1 N–H and O–H groups in total. The second kappa shape index (κ2) is 7.29. The van der Waals surface area contributed by atoms with Crippen molar-refractivity contribution in [2.24, 2.45) is 5.92 Å². The minimum atomic E-state index is 0.584. The van der Waals surface area contributed by atoms with Gasteiger partial charge in [0.2, 0.25) is 0 Å². The van der Waals surface area contributed by atoms with E-state index in [2.05, 4.69) is 5.32 Å². The van der Waals surface area contributed by atoms with Crippen molar-refractivity contribution in [1.82, 2.24) is 5.32 Å². The van der Waals surface area contributed by atoms with Crippen LogP contribution in [-0.4, -0.2) is 25.8 Å². The zero-order valence-corrected chi connectivity index (χ0v) is 10.5. The molecule has 2 rings (SSSR count). The van der Waals surface area contributed by atoms with Crippen molar-refractivity contribution in [2.75, 3.05) is 19.7 Å². The Morgan fingerprint density at radius 2 is 1.75 bits per heavy atom. The van der Waals surface area contributed by atoms with Crippen LogP contribution in [0.3, 0.4) is 0 Å². The summed E-state index contributed by atoms with van der Waals surface area (Å²) in [5.41, 5.74) is 0. The summed E-state index contributed by atoms with van der Waals surface area (Å²) in [5.74, 6) is 0.985. The molecule has 0 spiro atoms. The van der Waals surface area contributed by atoms with Crippen LogP contribution in [0.15, 0.2) is 0 Å². The molecule has 0 aromatic rings. The maximum absolute atomic E-state index is 5.89. The Morgan fingerprint density at radius 3 is 2.44 bits per heavy atom. The molecule has 0 aliphatic heterocycles. The van der Waals surface area contributed by atoms with Gasteiger partial charge in [0.15, 0.2) is 0 Å². The maximum atomic E-state index is 5.89. The molecule has 16 heavy (non-hydrogen) atoms. The van der Waals surface area contributed by atoms with E-state index in [-0.39, 0.29) is 0 Å². The van der Waals surface area contributed by atoms with Crippen LogP contribution in [-0.2, 0) is 4.74 Å². The Kier molecular flexibility index (Phi) is 5.64. The van der Waals surface area contributed by atoms with Gasteiger partial charge in [-0.1, -0.05) is 25.7 Å². The van der Waals surface area contributed by atoms with Gasteiger partial charge in [-0.15, -0.1) is 0 Å². The number of hydrogen-bond donors (Lipinski definition) is 1. The molecule has 0 aromatic heterocycles. The quantitative estimate of drug-likeness (QED) is 0.672. The molecular weight excluding hydrogens is 198 g/mol. The van der Waals surface area contributed by atoms with Crippen molar-refractivity contribution < 1.29 is 4.74 Å². The highest BCUT2D eigenvalue weighted by molar-refractivity contribution is 4.71. The monoisotopic (exact) mass is 225 g/mol. The van der Waals surface area contributed by atoms with Gasteiger partial charge in [-0.25, -0.2) is 0 Å². The van der Waals surface area contributed by atoms with Crippen LogP contribution in [0.1, 0.15) is 57.8 Å². The Balaban J connectivity index is 1.36. The summed E-state index contributed by atoms with van der Waals surface area (Å²) in [7, 11) is 0. The second-order valence-corrected chi connectivity index (χ2v) is 5.49. The molecule has 2 fully saturated rings. The van der Waals surface area contributed by atoms with Crippen molar-refractivity contribution in [1.29, 1.82) is 0 Å². The van der Waals surface area contributed by atoms with Gasteiger partial charge in [-0.05, 0) is 51.1 Å². The third-order valence-electron chi connectivity index (χ3n) is 4.06. The van der Waals surface area contributed by atoms with Gasteiger partial charge in [0.05, 0.1) is 6.10 Å². The molecule has 0 atom stereocenters. The predicted molar refractivity (Wildman–Crippen MR) is 67.7 cm³/mol. The highest BCUT2D eigenvalue weighted by Gasteiger charge is 2.16. The molecule has 0 bridgehead atoms. The lowest BCUT2D eigenvalue weighted by atomic mass is 9.85. The summed E-state index contributed by atoms with van der Waals surface area (Å²) >= 11 is 0. The molecule has 0 radical (unpaired) electrons. The van der Waals surface area contributed by atoms with Gasteiger partial charge >= 0.3 is 0 Å². The Morgan fingerprint density at radius 1 is 0.938 bits per heavy atom. The Hall–Kier alpha value is -0.0800. The third-order valence-corrected chi connectivity index (χ3v) is 4.06. The fraction of sp³-hybridized carbons (Fsp3) is 1.00. The summed E-state index contributed by atoms with van der Waals surface area (Å²) in [4.78, 5) is 0. The van der Waals surface area contributed by atoms with Crippen LogP contribution in [0.2, 0.25) is 0 Å². The highest BCUT2D eigenvalue weighted by atomic mass is 16.5. The SMILES string of the molecule is C1CCC(OCCCNCC2CCC2)CC1. The molecule has 0 heterocycles. The number of nitrogens with one attached hydrogen (secondary N) is 1. The van der Waals surface area contributed by atoms with E-state index in [0.717, 1.165) is 19.1 Å². The van der Waals surface area contributed by atoms with Crippen LogP contribution in [0.4, 0.5) is 0 Å². The molecule has 0 saturated heterocycles. The second-order valence-electron chi connectivity index (χ2n) is 5.49. The van der Waals surface area contributed by atoms with Gasteiger partial charge in [0, 0.05) is 6.61 Å².